The maximum atomic E-state index is 12.1. The fourth-order valence-electron chi connectivity index (χ4n) is 4.24. The number of amides is 2. The van der Waals surface area contributed by atoms with Crippen molar-refractivity contribution in [1.29, 1.82) is 0 Å². The zero-order valence-corrected chi connectivity index (χ0v) is 20.4. The highest BCUT2D eigenvalue weighted by molar-refractivity contribution is 5.73. The molecule has 2 amide bonds. The van der Waals surface area contributed by atoms with Gasteiger partial charge in [-0.05, 0) is 12.1 Å². The van der Waals surface area contributed by atoms with E-state index in [-0.39, 0.29) is 11.4 Å². The molecule has 3 rings (SSSR count). The minimum Gasteiger partial charge on any atom is -0.463 e. The Bertz CT molecular complexity index is 980. The van der Waals surface area contributed by atoms with Crippen LogP contribution in [0, 0.1) is 10.1 Å². The number of nitrogens with zero attached hydrogens (tertiary/aromatic N) is 1. The number of carbonyl (C=O) groups is 2. The van der Waals surface area contributed by atoms with E-state index in [0.717, 1.165) is 6.92 Å². The standard InChI is InChI=1S/C22H31N3O13/c1-9(28)23-15-19(32)17(30)13(7-26)36-21(15)38-20-16(24-10(2)29)22(37-14(8-27)18(20)31)35-12-5-3-11(4-6-12)25(33)34/h3-6,13-22,26-27,30-32H,7-8H2,1-2H3,(H,23,28)(H,24,29)/t13-,14+,15+,16-,17-,18-,19+,20+,21+,22+/m1/s1. The Hall–Kier alpha value is -2.96. The van der Waals surface area contributed by atoms with Crippen LogP contribution in [0.3, 0.4) is 0 Å². The molecule has 0 bridgehead atoms. The number of aliphatic hydroxyl groups excluding tert-OH is 5. The molecule has 0 aliphatic carbocycles. The van der Waals surface area contributed by atoms with Crippen molar-refractivity contribution in [3.8, 4) is 5.75 Å². The van der Waals surface area contributed by atoms with Gasteiger partial charge in [-0.2, -0.15) is 0 Å². The molecule has 7 N–H and O–H groups in total. The van der Waals surface area contributed by atoms with Gasteiger partial charge >= 0.3 is 0 Å². The van der Waals surface area contributed by atoms with Crippen molar-refractivity contribution in [1.82, 2.24) is 10.6 Å². The van der Waals surface area contributed by atoms with Gasteiger partial charge in [0.2, 0.25) is 18.1 Å². The first-order chi connectivity index (χ1) is 18.0. The Morgan fingerprint density at radius 1 is 0.895 bits per heavy atom. The number of rotatable bonds is 9. The highest BCUT2D eigenvalue weighted by Gasteiger charge is 2.52. The molecule has 0 radical (unpaired) electrons. The fraction of sp³-hybridized carbons (Fsp3) is 0.636. The molecule has 212 valence electrons. The van der Waals surface area contributed by atoms with Gasteiger partial charge in [-0.15, -0.1) is 0 Å². The number of ether oxygens (including phenoxy) is 4. The van der Waals surface area contributed by atoms with E-state index in [1.807, 2.05) is 0 Å². The topological polar surface area (TPSA) is 239 Å². The summed E-state index contributed by atoms with van der Waals surface area (Å²) >= 11 is 0. The molecule has 2 aliphatic heterocycles. The Labute approximate surface area is 216 Å². The smallest absolute Gasteiger partial charge is 0.269 e. The van der Waals surface area contributed by atoms with Crippen LogP contribution in [-0.2, 0) is 23.8 Å². The molecule has 1 aromatic rings. The van der Waals surface area contributed by atoms with Crippen LogP contribution in [0.25, 0.3) is 0 Å². The lowest BCUT2D eigenvalue weighted by molar-refractivity contribution is -0.384. The molecule has 0 spiro atoms. The largest absolute Gasteiger partial charge is 0.463 e. The van der Waals surface area contributed by atoms with Crippen LogP contribution in [0.1, 0.15) is 13.8 Å². The van der Waals surface area contributed by atoms with E-state index in [0.29, 0.717) is 0 Å². The molecule has 2 heterocycles. The number of nitro benzene ring substituents is 1. The number of nitrogens with one attached hydrogen (secondary N) is 2. The van der Waals surface area contributed by atoms with Crippen LogP contribution in [-0.4, -0.2) is 117 Å². The predicted octanol–water partition coefficient (Wildman–Crippen LogP) is -3.11. The first-order valence-corrected chi connectivity index (χ1v) is 11.6. The van der Waals surface area contributed by atoms with Gasteiger partial charge < -0.3 is 55.1 Å². The molecule has 16 nitrogen and oxygen atoms in total. The van der Waals surface area contributed by atoms with Crippen LogP contribution in [0.5, 0.6) is 5.75 Å². The Morgan fingerprint density at radius 2 is 1.42 bits per heavy atom. The highest BCUT2D eigenvalue weighted by Crippen LogP contribution is 2.31. The molecule has 10 atom stereocenters. The second-order valence-corrected chi connectivity index (χ2v) is 8.84. The lowest BCUT2D eigenvalue weighted by Gasteiger charge is -2.48. The molecular formula is C22H31N3O13. The zero-order valence-electron chi connectivity index (χ0n) is 20.4. The molecular weight excluding hydrogens is 514 g/mol. The molecule has 1 aromatic carbocycles. The predicted molar refractivity (Wildman–Crippen MR) is 123 cm³/mol. The van der Waals surface area contributed by atoms with Crippen molar-refractivity contribution in [2.24, 2.45) is 0 Å². The van der Waals surface area contributed by atoms with E-state index in [9.17, 15) is 45.2 Å². The summed E-state index contributed by atoms with van der Waals surface area (Å²) in [6, 6.07) is 2.27. The third kappa shape index (κ3) is 6.72. The van der Waals surface area contributed by atoms with Crippen LogP contribution in [0.2, 0.25) is 0 Å². The summed E-state index contributed by atoms with van der Waals surface area (Å²) < 4.78 is 22.9. The number of nitro groups is 1. The number of non-ortho nitro benzene ring substituents is 1. The summed E-state index contributed by atoms with van der Waals surface area (Å²) in [5.41, 5.74) is -0.206. The third-order valence-corrected chi connectivity index (χ3v) is 6.07. The van der Waals surface area contributed by atoms with Gasteiger partial charge in [0.1, 0.15) is 54.5 Å². The lowest BCUT2D eigenvalue weighted by Crippen LogP contribution is -2.70. The van der Waals surface area contributed by atoms with Gasteiger partial charge in [0.05, 0.1) is 18.1 Å². The molecule has 2 aliphatic rings. The van der Waals surface area contributed by atoms with Crippen molar-refractivity contribution in [2.45, 2.75) is 75.1 Å². The van der Waals surface area contributed by atoms with Gasteiger partial charge in [0.25, 0.3) is 5.69 Å². The summed E-state index contributed by atoms with van der Waals surface area (Å²) in [5.74, 6) is -1.11. The summed E-state index contributed by atoms with van der Waals surface area (Å²) in [7, 11) is 0. The first-order valence-electron chi connectivity index (χ1n) is 11.6. The Balaban J connectivity index is 1.93. The van der Waals surface area contributed by atoms with E-state index >= 15 is 0 Å². The maximum Gasteiger partial charge on any atom is 0.269 e. The number of aliphatic hydroxyl groups is 5. The molecule has 0 aromatic heterocycles. The number of benzene rings is 1. The maximum absolute atomic E-state index is 12.1. The van der Waals surface area contributed by atoms with Crippen LogP contribution < -0.4 is 15.4 Å². The average molecular weight is 545 g/mol. The quantitative estimate of drug-likeness (QED) is 0.120. The van der Waals surface area contributed by atoms with Gasteiger partial charge in [-0.25, -0.2) is 0 Å². The highest BCUT2D eigenvalue weighted by atomic mass is 16.7. The molecule has 2 saturated heterocycles. The summed E-state index contributed by atoms with van der Waals surface area (Å²) in [4.78, 5) is 34.1. The van der Waals surface area contributed by atoms with Gasteiger partial charge in [-0.1, -0.05) is 0 Å². The summed E-state index contributed by atoms with van der Waals surface area (Å²) in [6.07, 6.45) is -11.9. The number of hydrogen-bond acceptors (Lipinski definition) is 13. The third-order valence-electron chi connectivity index (χ3n) is 6.07. The molecule has 16 heteroatoms. The normalized spacial score (nSPS) is 35.2. The second kappa shape index (κ2) is 12.7. The number of hydrogen-bond donors (Lipinski definition) is 7. The number of carbonyl (C=O) groups excluding carboxylic acids is 2. The lowest BCUT2D eigenvalue weighted by atomic mass is 9.94. The zero-order chi connectivity index (χ0) is 28.1. The van der Waals surface area contributed by atoms with Crippen LogP contribution >= 0.6 is 0 Å². The van der Waals surface area contributed by atoms with Crippen LogP contribution in [0.15, 0.2) is 24.3 Å². The van der Waals surface area contributed by atoms with Crippen molar-refractivity contribution < 1.29 is 59.0 Å². The second-order valence-electron chi connectivity index (χ2n) is 8.84. The molecule has 0 unspecified atom stereocenters. The van der Waals surface area contributed by atoms with E-state index in [1.54, 1.807) is 0 Å². The van der Waals surface area contributed by atoms with E-state index in [2.05, 4.69) is 10.6 Å². The molecule has 0 saturated carbocycles. The monoisotopic (exact) mass is 545 g/mol. The van der Waals surface area contributed by atoms with Gasteiger partial charge in [0, 0.05) is 26.0 Å². The Kier molecular flexibility index (Phi) is 9.91. The minimum atomic E-state index is -1.65. The van der Waals surface area contributed by atoms with Gasteiger partial charge in [0.15, 0.2) is 6.29 Å². The van der Waals surface area contributed by atoms with Crippen LogP contribution in [0.4, 0.5) is 5.69 Å². The average Bonchev–Trinajstić information content (AvgIpc) is 2.86. The van der Waals surface area contributed by atoms with Crippen molar-refractivity contribution in [3.05, 3.63) is 34.4 Å². The van der Waals surface area contributed by atoms with E-state index in [1.165, 1.54) is 31.2 Å². The Morgan fingerprint density at radius 3 is 1.95 bits per heavy atom. The van der Waals surface area contributed by atoms with E-state index in [4.69, 9.17) is 18.9 Å². The first kappa shape index (κ1) is 29.6. The molecule has 38 heavy (non-hydrogen) atoms. The minimum absolute atomic E-state index is 0.0895. The van der Waals surface area contributed by atoms with E-state index < -0.39 is 91.2 Å². The van der Waals surface area contributed by atoms with Crippen molar-refractivity contribution in [2.75, 3.05) is 13.2 Å². The van der Waals surface area contributed by atoms with Crippen molar-refractivity contribution >= 4 is 17.5 Å². The SMILES string of the molecule is CC(=O)N[C@@H]1[C@H](O[C@@H]2[C@H](O)[C@H](CO)O[C@H](Oc3ccc([N+](=O)[O-])cc3)[C@@H]2NC(C)=O)O[C@H](CO)[C@@H](O)[C@H]1O. The fourth-order valence-corrected chi connectivity index (χ4v) is 4.24. The van der Waals surface area contributed by atoms with Crippen molar-refractivity contribution in [3.63, 3.8) is 0 Å². The summed E-state index contributed by atoms with van der Waals surface area (Å²) in [5, 5.41) is 67.0. The summed E-state index contributed by atoms with van der Waals surface area (Å²) in [6.45, 7) is 0.883. The van der Waals surface area contributed by atoms with Gasteiger partial charge in [-0.3, -0.25) is 19.7 Å². The molecule has 2 fully saturated rings.